The quantitative estimate of drug-likeness (QED) is 0.275. The number of aryl methyl sites for hydroxylation is 2. The molecule has 6 heteroatoms. The number of nitrogens with one attached hydrogen (secondary N) is 2. The molecule has 0 unspecified atom stereocenters. The predicted molar refractivity (Wildman–Crippen MR) is 127 cm³/mol. The molecule has 0 fully saturated rings. The number of unbranched alkanes of at least 4 members (excludes halogenated alkanes) is 4. The molecule has 2 amide bonds. The van der Waals surface area contributed by atoms with Crippen LogP contribution in [-0.2, 0) is 22.4 Å². The van der Waals surface area contributed by atoms with Crippen molar-refractivity contribution in [2.45, 2.75) is 51.4 Å². The number of hydroxylamine groups is 2. The van der Waals surface area contributed by atoms with Crippen LogP contribution in [0.3, 0.4) is 0 Å². The fourth-order valence-corrected chi connectivity index (χ4v) is 3.51. The summed E-state index contributed by atoms with van der Waals surface area (Å²) in [5, 5.41) is 16.2. The normalized spacial score (nSPS) is 10.8. The first-order valence-electron chi connectivity index (χ1n) is 11.7. The second-order valence-electron chi connectivity index (χ2n) is 8.12. The van der Waals surface area contributed by atoms with Gasteiger partial charge in [-0.2, -0.15) is 5.06 Å². The highest BCUT2D eigenvalue weighted by atomic mass is 16.5. The lowest BCUT2D eigenvalue weighted by Crippen LogP contribution is -2.41. The summed E-state index contributed by atoms with van der Waals surface area (Å²) in [6.07, 6.45) is 8.11. The van der Waals surface area contributed by atoms with E-state index in [9.17, 15) is 14.8 Å². The topological polar surface area (TPSA) is 81.7 Å². The third-order valence-electron chi connectivity index (χ3n) is 5.27. The van der Waals surface area contributed by atoms with Gasteiger partial charge >= 0.3 is 0 Å². The Morgan fingerprint density at radius 2 is 1.03 bits per heavy atom. The Labute approximate surface area is 192 Å². The summed E-state index contributed by atoms with van der Waals surface area (Å²) in [5.41, 5.74) is 2.66. The highest BCUT2D eigenvalue weighted by Gasteiger charge is 2.11. The molecule has 0 atom stereocenters. The van der Waals surface area contributed by atoms with E-state index < -0.39 is 0 Å². The average Bonchev–Trinajstić information content (AvgIpc) is 2.79. The van der Waals surface area contributed by atoms with E-state index in [1.54, 1.807) is 0 Å². The van der Waals surface area contributed by atoms with Gasteiger partial charge in [0.2, 0.25) is 11.8 Å². The number of carbonyl (C=O) groups excluding carboxylic acids is 2. The average molecular weight is 440 g/mol. The zero-order valence-corrected chi connectivity index (χ0v) is 19.0. The van der Waals surface area contributed by atoms with Gasteiger partial charge in [0.05, 0.1) is 0 Å². The van der Waals surface area contributed by atoms with Crippen LogP contribution in [0.5, 0.6) is 0 Å². The van der Waals surface area contributed by atoms with Gasteiger partial charge in [0.1, 0.15) is 13.1 Å². The molecule has 0 spiro atoms. The number of hydrogen-bond acceptors (Lipinski definition) is 4. The van der Waals surface area contributed by atoms with Gasteiger partial charge < -0.3 is 15.8 Å². The summed E-state index contributed by atoms with van der Waals surface area (Å²) >= 11 is 0. The van der Waals surface area contributed by atoms with Gasteiger partial charge in [-0.15, -0.1) is 0 Å². The van der Waals surface area contributed by atoms with Gasteiger partial charge in [-0.3, -0.25) is 9.59 Å². The zero-order chi connectivity index (χ0) is 22.9. The summed E-state index contributed by atoms with van der Waals surface area (Å²) in [6, 6.07) is 20.7. The van der Waals surface area contributed by atoms with Crippen molar-refractivity contribution in [3.05, 3.63) is 71.8 Å². The lowest BCUT2D eigenvalue weighted by Gasteiger charge is -2.14. The largest absolute Gasteiger partial charge is 0.355 e. The monoisotopic (exact) mass is 439 g/mol. The lowest BCUT2D eigenvalue weighted by atomic mass is 10.1. The highest BCUT2D eigenvalue weighted by molar-refractivity contribution is 5.80. The number of nitrogens with zero attached hydrogens (tertiary/aromatic N) is 1. The summed E-state index contributed by atoms with van der Waals surface area (Å²) in [4.78, 5) is 23.8. The van der Waals surface area contributed by atoms with E-state index >= 15 is 0 Å². The Balaban J connectivity index is 1.42. The molecule has 0 aliphatic rings. The van der Waals surface area contributed by atoms with Gasteiger partial charge in [0.25, 0.3) is 0 Å². The standard InChI is InChI=1S/C26H37N3O3/c30-25(27-19-11-3-9-17-23-13-5-1-6-14-23)21-29(32)22-26(31)28-20-12-4-10-18-24-15-7-2-8-16-24/h1-2,5-8,13-16,32H,3-4,9-12,17-22H2,(H,27,30)(H,28,31). The van der Waals surface area contributed by atoms with Crippen LogP contribution in [-0.4, -0.2) is 48.3 Å². The summed E-state index contributed by atoms with van der Waals surface area (Å²) in [7, 11) is 0. The maximum Gasteiger partial charge on any atom is 0.236 e. The molecule has 0 saturated heterocycles. The van der Waals surface area contributed by atoms with E-state index in [4.69, 9.17) is 0 Å². The van der Waals surface area contributed by atoms with E-state index in [0.717, 1.165) is 56.4 Å². The fourth-order valence-electron chi connectivity index (χ4n) is 3.51. The van der Waals surface area contributed by atoms with E-state index in [2.05, 4.69) is 34.9 Å². The van der Waals surface area contributed by atoms with Crippen LogP contribution in [0.15, 0.2) is 60.7 Å². The molecule has 0 bridgehead atoms. The second kappa shape index (κ2) is 16.0. The molecular formula is C26H37N3O3. The van der Waals surface area contributed by atoms with Gasteiger partial charge in [0.15, 0.2) is 0 Å². The maximum atomic E-state index is 11.9. The molecule has 0 saturated carbocycles. The first-order chi connectivity index (χ1) is 15.6. The van der Waals surface area contributed by atoms with E-state index in [1.807, 2.05) is 36.4 Å². The van der Waals surface area contributed by atoms with Crippen LogP contribution >= 0.6 is 0 Å². The highest BCUT2D eigenvalue weighted by Crippen LogP contribution is 2.06. The van der Waals surface area contributed by atoms with Gasteiger partial charge in [-0.1, -0.05) is 73.5 Å². The molecule has 32 heavy (non-hydrogen) atoms. The van der Waals surface area contributed by atoms with Crippen molar-refractivity contribution in [1.82, 2.24) is 15.7 Å². The van der Waals surface area contributed by atoms with Crippen LogP contribution in [0.2, 0.25) is 0 Å². The SMILES string of the molecule is O=C(CN(O)CC(=O)NCCCCCc1ccccc1)NCCCCCc1ccccc1. The molecule has 174 valence electrons. The molecule has 2 aromatic rings. The first kappa shape index (κ1) is 25.6. The summed E-state index contributed by atoms with van der Waals surface area (Å²) < 4.78 is 0. The third kappa shape index (κ3) is 12.2. The van der Waals surface area contributed by atoms with Gasteiger partial charge in [-0.05, 0) is 49.7 Å². The van der Waals surface area contributed by atoms with Gasteiger partial charge in [0, 0.05) is 13.1 Å². The Morgan fingerprint density at radius 1 is 0.625 bits per heavy atom. The van der Waals surface area contributed by atoms with Crippen LogP contribution in [0, 0.1) is 0 Å². The van der Waals surface area contributed by atoms with Crippen molar-refractivity contribution in [1.29, 1.82) is 0 Å². The van der Waals surface area contributed by atoms with E-state index in [0.29, 0.717) is 13.1 Å². The molecule has 2 rings (SSSR count). The van der Waals surface area contributed by atoms with Crippen molar-refractivity contribution >= 4 is 11.8 Å². The molecule has 0 radical (unpaired) electrons. The molecule has 0 aromatic heterocycles. The van der Waals surface area contributed by atoms with E-state index in [-0.39, 0.29) is 24.9 Å². The summed E-state index contributed by atoms with van der Waals surface area (Å²) in [6.45, 7) is 0.760. The Kier molecular flexibility index (Phi) is 12.8. The molecule has 2 aromatic carbocycles. The molecule has 0 heterocycles. The maximum absolute atomic E-state index is 11.9. The molecule has 0 aliphatic carbocycles. The van der Waals surface area contributed by atoms with Crippen molar-refractivity contribution in [2.75, 3.05) is 26.2 Å². The first-order valence-corrected chi connectivity index (χ1v) is 11.7. The number of amides is 2. The second-order valence-corrected chi connectivity index (χ2v) is 8.12. The zero-order valence-electron chi connectivity index (χ0n) is 19.0. The van der Waals surface area contributed by atoms with Crippen molar-refractivity contribution in [3.8, 4) is 0 Å². The molecule has 6 nitrogen and oxygen atoms in total. The Morgan fingerprint density at radius 3 is 1.44 bits per heavy atom. The summed E-state index contributed by atoms with van der Waals surface area (Å²) in [5.74, 6) is -0.548. The number of rotatable bonds is 16. The number of benzene rings is 2. The van der Waals surface area contributed by atoms with Crippen LogP contribution in [0.25, 0.3) is 0 Å². The van der Waals surface area contributed by atoms with E-state index in [1.165, 1.54) is 11.1 Å². The number of carbonyl (C=O) groups is 2. The Hall–Kier alpha value is -2.70. The molecule has 0 aliphatic heterocycles. The number of hydrogen-bond donors (Lipinski definition) is 3. The minimum absolute atomic E-state index is 0.200. The van der Waals surface area contributed by atoms with Crippen molar-refractivity contribution < 1.29 is 14.8 Å². The fraction of sp³-hybridized carbons (Fsp3) is 0.462. The van der Waals surface area contributed by atoms with Crippen molar-refractivity contribution in [2.24, 2.45) is 0 Å². The lowest BCUT2D eigenvalue weighted by molar-refractivity contribution is -0.146. The van der Waals surface area contributed by atoms with Gasteiger partial charge in [-0.25, -0.2) is 0 Å². The smallest absolute Gasteiger partial charge is 0.236 e. The predicted octanol–water partition coefficient (Wildman–Crippen LogP) is 3.74. The minimum atomic E-state index is -0.274. The molecular weight excluding hydrogens is 402 g/mol. The molecule has 3 N–H and O–H groups in total. The van der Waals surface area contributed by atoms with Crippen LogP contribution < -0.4 is 10.6 Å². The minimum Gasteiger partial charge on any atom is -0.355 e. The van der Waals surface area contributed by atoms with Crippen LogP contribution in [0.1, 0.15) is 49.7 Å². The Bertz CT molecular complexity index is 703. The third-order valence-corrected chi connectivity index (χ3v) is 5.27. The van der Waals surface area contributed by atoms with Crippen molar-refractivity contribution in [3.63, 3.8) is 0 Å². The van der Waals surface area contributed by atoms with Crippen LogP contribution in [0.4, 0.5) is 0 Å².